The molecule has 0 saturated heterocycles. The fraction of sp³-hybridized carbons (Fsp3) is 0.400. The first-order valence-corrected chi connectivity index (χ1v) is 8.12. The molecule has 0 saturated carbocycles. The van der Waals surface area contributed by atoms with Crippen molar-refractivity contribution in [1.82, 2.24) is 0 Å². The van der Waals surface area contributed by atoms with Gasteiger partial charge in [-0.3, -0.25) is 0 Å². The van der Waals surface area contributed by atoms with Gasteiger partial charge in [0.2, 0.25) is 0 Å². The number of hydrogen-bond acceptors (Lipinski definition) is 2. The molecular weight excluding hydrogens is 270 g/mol. The van der Waals surface area contributed by atoms with Crippen LogP contribution in [0, 0.1) is 13.8 Å². The van der Waals surface area contributed by atoms with E-state index in [1.54, 1.807) is 0 Å². The van der Waals surface area contributed by atoms with Crippen LogP contribution in [0.25, 0.3) is 0 Å². The highest BCUT2D eigenvalue weighted by Gasteiger charge is 2.12. The zero-order valence-electron chi connectivity index (χ0n) is 13.9. The summed E-state index contributed by atoms with van der Waals surface area (Å²) in [6.45, 7) is 7.82. The van der Waals surface area contributed by atoms with Crippen LogP contribution in [0.5, 0.6) is 5.75 Å². The van der Waals surface area contributed by atoms with Crippen molar-refractivity contribution in [2.24, 2.45) is 5.73 Å². The summed E-state index contributed by atoms with van der Waals surface area (Å²) >= 11 is 0. The first kappa shape index (κ1) is 16.6. The van der Waals surface area contributed by atoms with Crippen LogP contribution >= 0.6 is 0 Å². The summed E-state index contributed by atoms with van der Waals surface area (Å²) in [4.78, 5) is 0. The number of aryl methyl sites for hydroxylation is 2. The average Bonchev–Trinajstić information content (AvgIpc) is 2.50. The fourth-order valence-corrected chi connectivity index (χ4v) is 2.85. The van der Waals surface area contributed by atoms with Crippen molar-refractivity contribution in [3.63, 3.8) is 0 Å². The molecule has 0 spiro atoms. The maximum absolute atomic E-state index is 6.04. The van der Waals surface area contributed by atoms with E-state index < -0.39 is 0 Å². The average molecular weight is 297 g/mol. The smallest absolute Gasteiger partial charge is 0.119 e. The minimum absolute atomic E-state index is 0.347. The Kier molecular flexibility index (Phi) is 6.02. The standard InChI is InChI=1S/C20H27NO/c1-4-8-22-20-7-5-6-17(13-20)12-19(14-21)18-10-15(2)9-16(3)11-18/h5-7,9-11,13,19H,4,8,12,14,21H2,1-3H3. The lowest BCUT2D eigenvalue weighted by Crippen LogP contribution is -2.15. The Labute approximate surface area is 134 Å². The van der Waals surface area contributed by atoms with Gasteiger partial charge in [-0.15, -0.1) is 0 Å². The van der Waals surface area contributed by atoms with Crippen molar-refractivity contribution in [1.29, 1.82) is 0 Å². The largest absolute Gasteiger partial charge is 0.494 e. The highest BCUT2D eigenvalue weighted by atomic mass is 16.5. The first-order chi connectivity index (χ1) is 10.6. The molecule has 2 aromatic carbocycles. The van der Waals surface area contributed by atoms with Gasteiger partial charge < -0.3 is 10.5 Å². The van der Waals surface area contributed by atoms with E-state index in [9.17, 15) is 0 Å². The molecule has 22 heavy (non-hydrogen) atoms. The summed E-state index contributed by atoms with van der Waals surface area (Å²) in [6, 6.07) is 15.1. The third-order valence-corrected chi connectivity index (χ3v) is 3.85. The van der Waals surface area contributed by atoms with Gasteiger partial charge in [-0.2, -0.15) is 0 Å². The Morgan fingerprint density at radius 3 is 2.41 bits per heavy atom. The maximum atomic E-state index is 6.04. The predicted octanol–water partition coefficient (Wildman–Crippen LogP) is 4.38. The van der Waals surface area contributed by atoms with Crippen molar-refractivity contribution in [2.75, 3.05) is 13.2 Å². The Balaban J connectivity index is 2.15. The van der Waals surface area contributed by atoms with Gasteiger partial charge in [0.15, 0.2) is 0 Å². The monoisotopic (exact) mass is 297 g/mol. The summed E-state index contributed by atoms with van der Waals surface area (Å²) in [6.07, 6.45) is 1.97. The summed E-state index contributed by atoms with van der Waals surface area (Å²) in [5, 5.41) is 0. The van der Waals surface area contributed by atoms with E-state index in [2.05, 4.69) is 57.2 Å². The lowest BCUT2D eigenvalue weighted by Gasteiger charge is -2.17. The quantitative estimate of drug-likeness (QED) is 0.823. The minimum Gasteiger partial charge on any atom is -0.494 e. The van der Waals surface area contributed by atoms with Crippen molar-refractivity contribution in [3.8, 4) is 5.75 Å². The molecule has 2 nitrogen and oxygen atoms in total. The van der Waals surface area contributed by atoms with Crippen molar-refractivity contribution >= 4 is 0 Å². The van der Waals surface area contributed by atoms with Gasteiger partial charge in [-0.1, -0.05) is 48.4 Å². The van der Waals surface area contributed by atoms with E-state index in [0.717, 1.165) is 25.2 Å². The molecule has 0 radical (unpaired) electrons. The third kappa shape index (κ3) is 4.60. The Hall–Kier alpha value is -1.80. The van der Waals surface area contributed by atoms with Crippen LogP contribution in [0.2, 0.25) is 0 Å². The van der Waals surface area contributed by atoms with Crippen LogP contribution in [-0.4, -0.2) is 13.2 Å². The number of benzene rings is 2. The van der Waals surface area contributed by atoms with Crippen LogP contribution in [0.4, 0.5) is 0 Å². The topological polar surface area (TPSA) is 35.2 Å². The molecule has 0 aliphatic carbocycles. The molecule has 2 heteroatoms. The number of rotatable bonds is 7. The molecule has 0 aliphatic heterocycles. The lowest BCUT2D eigenvalue weighted by molar-refractivity contribution is 0.317. The second-order valence-electron chi connectivity index (χ2n) is 6.05. The molecule has 0 bridgehead atoms. The predicted molar refractivity (Wildman–Crippen MR) is 93.6 cm³/mol. The van der Waals surface area contributed by atoms with Gasteiger partial charge in [0.05, 0.1) is 6.61 Å². The summed E-state index contributed by atoms with van der Waals surface area (Å²) in [7, 11) is 0. The molecule has 0 aliphatic rings. The van der Waals surface area contributed by atoms with Gasteiger partial charge in [-0.25, -0.2) is 0 Å². The molecule has 0 heterocycles. The molecule has 2 N–H and O–H groups in total. The minimum atomic E-state index is 0.347. The Bertz CT molecular complexity index is 586. The molecular formula is C20H27NO. The Morgan fingerprint density at radius 2 is 1.77 bits per heavy atom. The highest BCUT2D eigenvalue weighted by molar-refractivity contribution is 5.34. The van der Waals surface area contributed by atoms with Crippen molar-refractivity contribution in [3.05, 3.63) is 64.7 Å². The normalized spacial score (nSPS) is 12.2. The SMILES string of the molecule is CCCOc1cccc(CC(CN)c2cc(C)cc(C)c2)c1. The number of ether oxygens (including phenoxy) is 1. The number of nitrogens with two attached hydrogens (primary N) is 1. The van der Waals surface area contributed by atoms with Crippen LogP contribution in [0.3, 0.4) is 0 Å². The zero-order valence-corrected chi connectivity index (χ0v) is 13.9. The molecule has 1 unspecified atom stereocenters. The summed E-state index contributed by atoms with van der Waals surface area (Å²) < 4.78 is 5.72. The van der Waals surface area contributed by atoms with E-state index in [-0.39, 0.29) is 0 Å². The fourth-order valence-electron chi connectivity index (χ4n) is 2.85. The zero-order chi connectivity index (χ0) is 15.9. The van der Waals surface area contributed by atoms with E-state index >= 15 is 0 Å². The van der Waals surface area contributed by atoms with E-state index in [1.165, 1.54) is 22.3 Å². The van der Waals surface area contributed by atoms with Crippen LogP contribution < -0.4 is 10.5 Å². The summed E-state index contributed by atoms with van der Waals surface area (Å²) in [5.41, 5.74) is 11.3. The van der Waals surface area contributed by atoms with Gasteiger partial charge in [-0.05, 0) is 56.5 Å². The molecule has 1 atom stereocenters. The van der Waals surface area contributed by atoms with Gasteiger partial charge in [0.1, 0.15) is 5.75 Å². The molecule has 0 aromatic heterocycles. The highest BCUT2D eigenvalue weighted by Crippen LogP contribution is 2.24. The second kappa shape index (κ2) is 8.00. The van der Waals surface area contributed by atoms with Crippen LogP contribution in [-0.2, 0) is 6.42 Å². The van der Waals surface area contributed by atoms with Gasteiger partial charge >= 0.3 is 0 Å². The Morgan fingerprint density at radius 1 is 1.05 bits per heavy atom. The third-order valence-electron chi connectivity index (χ3n) is 3.85. The first-order valence-electron chi connectivity index (χ1n) is 8.12. The van der Waals surface area contributed by atoms with Crippen LogP contribution in [0.15, 0.2) is 42.5 Å². The number of hydrogen-bond donors (Lipinski definition) is 1. The lowest BCUT2D eigenvalue weighted by atomic mass is 9.90. The molecule has 0 amide bonds. The molecule has 0 fully saturated rings. The molecule has 2 aromatic rings. The second-order valence-corrected chi connectivity index (χ2v) is 6.05. The summed E-state index contributed by atoms with van der Waals surface area (Å²) in [5.74, 6) is 1.30. The van der Waals surface area contributed by atoms with E-state index in [0.29, 0.717) is 12.5 Å². The van der Waals surface area contributed by atoms with Crippen molar-refractivity contribution in [2.45, 2.75) is 39.5 Å². The van der Waals surface area contributed by atoms with Gasteiger partial charge in [0.25, 0.3) is 0 Å². The van der Waals surface area contributed by atoms with Gasteiger partial charge in [0, 0.05) is 5.92 Å². The van der Waals surface area contributed by atoms with E-state index in [1.807, 2.05) is 6.07 Å². The maximum Gasteiger partial charge on any atom is 0.119 e. The van der Waals surface area contributed by atoms with Crippen LogP contribution in [0.1, 0.15) is 41.5 Å². The van der Waals surface area contributed by atoms with Crippen molar-refractivity contribution < 1.29 is 4.74 Å². The molecule has 118 valence electrons. The van der Waals surface area contributed by atoms with E-state index in [4.69, 9.17) is 10.5 Å². The molecule has 2 rings (SSSR count).